The van der Waals surface area contributed by atoms with Gasteiger partial charge in [0.2, 0.25) is 0 Å². The van der Waals surface area contributed by atoms with Crippen molar-refractivity contribution >= 4 is 17.3 Å². The number of carboxylic acid groups (broad SMARTS) is 1. The van der Waals surface area contributed by atoms with Crippen LogP contribution in [0.2, 0.25) is 0 Å². The number of carboxylic acids is 1. The van der Waals surface area contributed by atoms with Crippen molar-refractivity contribution in [2.45, 2.75) is 44.6 Å². The Morgan fingerprint density at radius 1 is 1.45 bits per heavy atom. The van der Waals surface area contributed by atoms with Crippen LogP contribution in [0, 0.1) is 0 Å². The maximum absolute atomic E-state index is 12.8. The molecular formula is C14H19F3N2O2S. The lowest BCUT2D eigenvalue weighted by Gasteiger charge is -2.42. The fraction of sp³-hybridized carbons (Fsp3) is 0.643. The van der Waals surface area contributed by atoms with Crippen LogP contribution in [0.1, 0.15) is 30.9 Å². The normalized spacial score (nSPS) is 21.9. The standard InChI is InChI=1S/C14H19F3N2O2S/c1-2-19(6-13(20)21)11-3-10(4-11)18-5-9-7-22-8-12(9)14(15,16)17/h7-8,10-11,18H,2-6H2,1H3,(H,20,21). The summed E-state index contributed by atoms with van der Waals surface area (Å²) in [5.41, 5.74) is -0.291. The highest BCUT2D eigenvalue weighted by molar-refractivity contribution is 7.08. The van der Waals surface area contributed by atoms with Crippen LogP contribution in [0.3, 0.4) is 0 Å². The molecule has 4 nitrogen and oxygen atoms in total. The van der Waals surface area contributed by atoms with Crippen molar-refractivity contribution in [3.63, 3.8) is 0 Å². The van der Waals surface area contributed by atoms with Crippen LogP contribution in [0.4, 0.5) is 13.2 Å². The molecule has 1 fully saturated rings. The molecule has 1 heterocycles. The van der Waals surface area contributed by atoms with Gasteiger partial charge in [0.25, 0.3) is 0 Å². The highest BCUT2D eigenvalue weighted by Gasteiger charge is 2.36. The number of nitrogens with zero attached hydrogens (tertiary/aromatic N) is 1. The van der Waals surface area contributed by atoms with Gasteiger partial charge in [0.05, 0.1) is 12.1 Å². The Hall–Kier alpha value is -1.12. The van der Waals surface area contributed by atoms with Crippen molar-refractivity contribution in [3.05, 3.63) is 21.9 Å². The van der Waals surface area contributed by atoms with Gasteiger partial charge in [0.1, 0.15) is 0 Å². The summed E-state index contributed by atoms with van der Waals surface area (Å²) in [4.78, 5) is 12.6. The van der Waals surface area contributed by atoms with Gasteiger partial charge in [-0.1, -0.05) is 6.92 Å². The highest BCUT2D eigenvalue weighted by Crippen LogP contribution is 2.34. The van der Waals surface area contributed by atoms with Crippen molar-refractivity contribution in [2.24, 2.45) is 0 Å². The number of nitrogens with one attached hydrogen (secondary N) is 1. The summed E-state index contributed by atoms with van der Waals surface area (Å²) in [7, 11) is 0. The van der Waals surface area contributed by atoms with Gasteiger partial charge in [0.15, 0.2) is 0 Å². The zero-order chi connectivity index (χ0) is 16.3. The number of aliphatic carboxylic acids is 1. The molecule has 22 heavy (non-hydrogen) atoms. The molecule has 2 N–H and O–H groups in total. The molecule has 0 aliphatic heterocycles. The van der Waals surface area contributed by atoms with Crippen LogP contribution in [0.15, 0.2) is 10.8 Å². The van der Waals surface area contributed by atoms with E-state index in [1.54, 1.807) is 0 Å². The Morgan fingerprint density at radius 3 is 2.68 bits per heavy atom. The first-order chi connectivity index (χ1) is 10.3. The molecule has 1 aromatic rings. The van der Waals surface area contributed by atoms with Crippen molar-refractivity contribution in [1.29, 1.82) is 0 Å². The molecule has 1 aliphatic rings. The van der Waals surface area contributed by atoms with E-state index in [9.17, 15) is 18.0 Å². The van der Waals surface area contributed by atoms with E-state index in [1.807, 2.05) is 11.8 Å². The van der Waals surface area contributed by atoms with Gasteiger partial charge in [-0.2, -0.15) is 24.5 Å². The molecular weight excluding hydrogens is 317 g/mol. The van der Waals surface area contributed by atoms with Gasteiger partial charge in [0, 0.05) is 24.0 Å². The molecule has 0 atom stereocenters. The third-order valence-electron chi connectivity index (χ3n) is 4.00. The smallest absolute Gasteiger partial charge is 0.417 e. The summed E-state index contributed by atoms with van der Waals surface area (Å²) in [5.74, 6) is -0.855. The number of carbonyl (C=O) groups is 1. The average molecular weight is 336 g/mol. The van der Waals surface area contributed by atoms with Crippen LogP contribution >= 0.6 is 11.3 Å². The molecule has 124 valence electrons. The fourth-order valence-electron chi connectivity index (χ4n) is 2.69. The lowest BCUT2D eigenvalue weighted by molar-refractivity contribution is -0.139. The highest BCUT2D eigenvalue weighted by atomic mass is 32.1. The third-order valence-corrected chi connectivity index (χ3v) is 4.80. The molecule has 1 aliphatic carbocycles. The molecule has 0 saturated heterocycles. The molecule has 0 amide bonds. The molecule has 0 spiro atoms. The maximum Gasteiger partial charge on any atom is 0.417 e. The van der Waals surface area contributed by atoms with Crippen LogP contribution in [0.5, 0.6) is 0 Å². The van der Waals surface area contributed by atoms with E-state index >= 15 is 0 Å². The van der Waals surface area contributed by atoms with Gasteiger partial charge < -0.3 is 10.4 Å². The van der Waals surface area contributed by atoms with E-state index in [-0.39, 0.29) is 30.7 Å². The fourth-order valence-corrected chi connectivity index (χ4v) is 3.55. The number of halogens is 3. The molecule has 0 unspecified atom stereocenters. The minimum absolute atomic E-state index is 0.0106. The number of thiophene rings is 1. The van der Waals surface area contributed by atoms with Gasteiger partial charge in [-0.05, 0) is 30.3 Å². The lowest BCUT2D eigenvalue weighted by Crippen LogP contribution is -2.53. The first-order valence-corrected chi connectivity index (χ1v) is 8.07. The van der Waals surface area contributed by atoms with Crippen molar-refractivity contribution in [3.8, 4) is 0 Å². The van der Waals surface area contributed by atoms with Gasteiger partial charge in [-0.25, -0.2) is 0 Å². The van der Waals surface area contributed by atoms with Crippen molar-refractivity contribution in [2.75, 3.05) is 13.1 Å². The zero-order valence-corrected chi connectivity index (χ0v) is 13.0. The maximum atomic E-state index is 12.8. The second kappa shape index (κ2) is 6.97. The molecule has 0 radical (unpaired) electrons. The summed E-state index contributed by atoms with van der Waals surface area (Å²) < 4.78 is 38.3. The average Bonchev–Trinajstić information content (AvgIpc) is 2.83. The van der Waals surface area contributed by atoms with Crippen LogP contribution in [0.25, 0.3) is 0 Å². The molecule has 8 heteroatoms. The second-order valence-electron chi connectivity index (χ2n) is 5.47. The van der Waals surface area contributed by atoms with Crippen LogP contribution < -0.4 is 5.32 Å². The number of hydrogen-bond acceptors (Lipinski definition) is 4. The monoisotopic (exact) mass is 336 g/mol. The molecule has 1 saturated carbocycles. The number of hydrogen-bond donors (Lipinski definition) is 2. The van der Waals surface area contributed by atoms with E-state index in [4.69, 9.17) is 5.11 Å². The molecule has 2 rings (SSSR count). The Balaban J connectivity index is 1.79. The topological polar surface area (TPSA) is 52.6 Å². The lowest BCUT2D eigenvalue weighted by atomic mass is 9.85. The minimum Gasteiger partial charge on any atom is -0.480 e. The summed E-state index contributed by atoms with van der Waals surface area (Å²) >= 11 is 1.05. The first kappa shape index (κ1) is 17.2. The number of likely N-dealkylation sites (N-methyl/N-ethyl adjacent to an activating group) is 1. The van der Waals surface area contributed by atoms with Gasteiger partial charge in [-0.3, -0.25) is 9.69 Å². The van der Waals surface area contributed by atoms with Gasteiger partial charge in [-0.15, -0.1) is 0 Å². The summed E-state index contributed by atoms with van der Waals surface area (Å²) in [6, 6.07) is 0.344. The van der Waals surface area contributed by atoms with E-state index in [0.717, 1.165) is 29.6 Å². The SMILES string of the molecule is CCN(CC(=O)O)C1CC(NCc2cscc2C(F)(F)F)C1. The van der Waals surface area contributed by atoms with E-state index < -0.39 is 17.7 Å². The second-order valence-corrected chi connectivity index (χ2v) is 6.21. The Morgan fingerprint density at radius 2 is 2.14 bits per heavy atom. The predicted molar refractivity (Wildman–Crippen MR) is 77.9 cm³/mol. The Labute approximate surface area is 130 Å². The summed E-state index contributed by atoms with van der Waals surface area (Å²) in [6.45, 7) is 2.77. The van der Waals surface area contributed by atoms with E-state index in [1.165, 1.54) is 5.38 Å². The minimum atomic E-state index is -4.31. The predicted octanol–water partition coefficient (Wildman–Crippen LogP) is 2.79. The van der Waals surface area contributed by atoms with Crippen LogP contribution in [-0.4, -0.2) is 41.1 Å². The Bertz CT molecular complexity index is 512. The van der Waals surface area contributed by atoms with Crippen molar-refractivity contribution in [1.82, 2.24) is 10.2 Å². The van der Waals surface area contributed by atoms with E-state index in [0.29, 0.717) is 6.54 Å². The van der Waals surface area contributed by atoms with Gasteiger partial charge >= 0.3 is 12.1 Å². The first-order valence-electron chi connectivity index (χ1n) is 7.12. The Kier molecular flexibility index (Phi) is 5.46. The molecule has 0 aromatic carbocycles. The quantitative estimate of drug-likeness (QED) is 0.804. The summed E-state index contributed by atoms with van der Waals surface area (Å²) in [6.07, 6.45) is -2.77. The summed E-state index contributed by atoms with van der Waals surface area (Å²) in [5, 5.41) is 14.6. The third kappa shape index (κ3) is 4.21. The molecule has 0 bridgehead atoms. The number of rotatable bonds is 7. The van der Waals surface area contributed by atoms with Crippen LogP contribution in [-0.2, 0) is 17.5 Å². The largest absolute Gasteiger partial charge is 0.480 e. The van der Waals surface area contributed by atoms with E-state index in [2.05, 4.69) is 5.32 Å². The zero-order valence-electron chi connectivity index (χ0n) is 12.2. The molecule has 1 aromatic heterocycles. The van der Waals surface area contributed by atoms with Crippen molar-refractivity contribution < 1.29 is 23.1 Å². The number of alkyl halides is 3.